The summed E-state index contributed by atoms with van der Waals surface area (Å²) in [5, 5.41) is 7.67. The molecule has 0 radical (unpaired) electrons. The number of benzene rings is 1. The first-order chi connectivity index (χ1) is 11.7. The van der Waals surface area contributed by atoms with Crippen LogP contribution >= 0.6 is 11.6 Å². The highest BCUT2D eigenvalue weighted by molar-refractivity contribution is 6.31. The van der Waals surface area contributed by atoms with E-state index >= 15 is 0 Å². The van der Waals surface area contributed by atoms with Gasteiger partial charge in [-0.15, -0.1) is 0 Å². The summed E-state index contributed by atoms with van der Waals surface area (Å²) in [4.78, 5) is 12.1. The van der Waals surface area contributed by atoms with Gasteiger partial charge in [0.2, 0.25) is 5.91 Å². The Bertz CT molecular complexity index is 777. The second-order valence-corrected chi connectivity index (χ2v) is 6.94. The van der Waals surface area contributed by atoms with E-state index in [9.17, 15) is 4.79 Å². The molecule has 25 heavy (non-hydrogen) atoms. The number of hydrogen-bond acceptors (Lipinski definition) is 3. The van der Waals surface area contributed by atoms with Gasteiger partial charge in [-0.1, -0.05) is 37.6 Å². The molecule has 0 bridgehead atoms. The molecule has 0 saturated heterocycles. The van der Waals surface area contributed by atoms with Crippen molar-refractivity contribution in [2.24, 2.45) is 7.05 Å². The van der Waals surface area contributed by atoms with E-state index < -0.39 is 0 Å². The second kappa shape index (κ2) is 7.74. The number of aromatic nitrogens is 2. The number of nitrogens with zero attached hydrogens (tertiary/aromatic N) is 2. The van der Waals surface area contributed by atoms with Crippen molar-refractivity contribution in [3.63, 3.8) is 0 Å². The molecule has 2 aromatic rings. The smallest absolute Gasteiger partial charge is 0.244 e. The van der Waals surface area contributed by atoms with Crippen LogP contribution in [0, 0.1) is 6.92 Å². The Kier molecular flexibility index (Phi) is 5.90. The van der Waals surface area contributed by atoms with Crippen molar-refractivity contribution in [2.75, 3.05) is 13.7 Å². The fourth-order valence-corrected chi connectivity index (χ4v) is 2.74. The van der Waals surface area contributed by atoms with E-state index in [4.69, 9.17) is 16.3 Å². The van der Waals surface area contributed by atoms with Crippen molar-refractivity contribution in [3.05, 3.63) is 52.3 Å². The van der Waals surface area contributed by atoms with Gasteiger partial charge in [0, 0.05) is 30.6 Å². The van der Waals surface area contributed by atoms with Crippen LogP contribution < -0.4 is 10.1 Å². The summed E-state index contributed by atoms with van der Waals surface area (Å²) in [6.07, 6.45) is 3.18. The third kappa shape index (κ3) is 4.63. The number of amides is 1. The number of rotatable bonds is 6. The van der Waals surface area contributed by atoms with Crippen molar-refractivity contribution in [1.29, 1.82) is 0 Å². The summed E-state index contributed by atoms with van der Waals surface area (Å²) in [5.74, 6) is 0.649. The Morgan fingerprint density at radius 1 is 1.36 bits per heavy atom. The highest BCUT2D eigenvalue weighted by Crippen LogP contribution is 2.24. The van der Waals surface area contributed by atoms with Gasteiger partial charge in [-0.2, -0.15) is 5.10 Å². The Morgan fingerprint density at radius 3 is 2.52 bits per heavy atom. The standard InChI is InChI=1S/C19H24ClN3O2/c1-13-16(18(20)23(4)22-13)10-11-17(24)21-12-19(2,3)14-6-8-15(25-5)9-7-14/h6-11H,12H2,1-5H3,(H,21,24)/b11-10-. The molecule has 1 aromatic carbocycles. The van der Waals surface area contributed by atoms with Crippen LogP contribution in [0.3, 0.4) is 0 Å². The number of methoxy groups -OCH3 is 1. The van der Waals surface area contributed by atoms with Crippen LogP contribution in [0.2, 0.25) is 5.15 Å². The summed E-state index contributed by atoms with van der Waals surface area (Å²) in [6, 6.07) is 7.87. The molecule has 134 valence electrons. The Balaban J connectivity index is 1.99. The lowest BCUT2D eigenvalue weighted by atomic mass is 9.84. The van der Waals surface area contributed by atoms with Crippen LogP contribution in [0.1, 0.15) is 30.7 Å². The first kappa shape index (κ1) is 19.1. The van der Waals surface area contributed by atoms with Crippen LogP contribution in [0.5, 0.6) is 5.75 Å². The highest BCUT2D eigenvalue weighted by Gasteiger charge is 2.21. The molecule has 0 unspecified atom stereocenters. The molecule has 2 rings (SSSR count). The van der Waals surface area contributed by atoms with E-state index in [1.165, 1.54) is 6.08 Å². The van der Waals surface area contributed by atoms with Gasteiger partial charge >= 0.3 is 0 Å². The predicted octanol–water partition coefficient (Wildman–Crippen LogP) is 3.50. The maximum absolute atomic E-state index is 12.1. The Hall–Kier alpha value is -2.27. The zero-order chi connectivity index (χ0) is 18.6. The van der Waals surface area contributed by atoms with Crippen LogP contribution in [-0.4, -0.2) is 29.3 Å². The van der Waals surface area contributed by atoms with Gasteiger partial charge in [-0.05, 0) is 30.7 Å². The van der Waals surface area contributed by atoms with Gasteiger partial charge in [0.25, 0.3) is 0 Å². The number of nitrogens with one attached hydrogen (secondary N) is 1. The molecule has 1 N–H and O–H groups in total. The molecule has 1 heterocycles. The van der Waals surface area contributed by atoms with E-state index in [2.05, 4.69) is 24.3 Å². The SMILES string of the molecule is COc1ccc(C(C)(C)CNC(=O)/C=C\c2c(C)nn(C)c2Cl)cc1. The molecule has 0 aliphatic heterocycles. The predicted molar refractivity (Wildman–Crippen MR) is 101 cm³/mol. The first-order valence-corrected chi connectivity index (χ1v) is 8.42. The zero-order valence-corrected chi connectivity index (χ0v) is 16.0. The summed E-state index contributed by atoms with van der Waals surface area (Å²) < 4.78 is 6.76. The van der Waals surface area contributed by atoms with Crippen molar-refractivity contribution < 1.29 is 9.53 Å². The summed E-state index contributed by atoms with van der Waals surface area (Å²) in [5.41, 5.74) is 2.48. The molecule has 0 fully saturated rings. The van der Waals surface area contributed by atoms with Crippen molar-refractivity contribution in [2.45, 2.75) is 26.2 Å². The summed E-state index contributed by atoms with van der Waals surface area (Å²) in [7, 11) is 3.41. The number of carbonyl (C=O) groups is 1. The van der Waals surface area contributed by atoms with Crippen LogP contribution in [-0.2, 0) is 17.3 Å². The normalized spacial score (nSPS) is 11.8. The molecule has 0 saturated carbocycles. The maximum Gasteiger partial charge on any atom is 0.244 e. The average molecular weight is 362 g/mol. The van der Waals surface area contributed by atoms with Crippen LogP contribution in [0.4, 0.5) is 0 Å². The maximum atomic E-state index is 12.1. The first-order valence-electron chi connectivity index (χ1n) is 8.04. The van der Waals surface area contributed by atoms with Gasteiger partial charge in [-0.25, -0.2) is 0 Å². The minimum atomic E-state index is -0.197. The molecule has 0 spiro atoms. The zero-order valence-electron chi connectivity index (χ0n) is 15.3. The topological polar surface area (TPSA) is 56.1 Å². The molecule has 6 heteroatoms. The number of halogens is 1. The molecule has 0 aliphatic carbocycles. The monoisotopic (exact) mass is 361 g/mol. The fraction of sp³-hybridized carbons (Fsp3) is 0.368. The van der Waals surface area contributed by atoms with Crippen LogP contribution in [0.25, 0.3) is 6.08 Å². The van der Waals surface area contributed by atoms with Crippen molar-refractivity contribution in [1.82, 2.24) is 15.1 Å². The van der Waals surface area contributed by atoms with Gasteiger partial charge in [0.05, 0.1) is 12.8 Å². The second-order valence-electron chi connectivity index (χ2n) is 6.58. The minimum Gasteiger partial charge on any atom is -0.497 e. The molecule has 1 aromatic heterocycles. The molecule has 0 aliphatic rings. The fourth-order valence-electron chi connectivity index (χ4n) is 2.51. The molecular weight excluding hydrogens is 338 g/mol. The van der Waals surface area contributed by atoms with E-state index in [0.717, 1.165) is 22.6 Å². The van der Waals surface area contributed by atoms with Gasteiger partial charge in [0.15, 0.2) is 0 Å². The van der Waals surface area contributed by atoms with Gasteiger partial charge in [-0.3, -0.25) is 9.48 Å². The molecular formula is C19H24ClN3O2. The lowest BCUT2D eigenvalue weighted by Gasteiger charge is -2.25. The molecule has 0 atom stereocenters. The van der Waals surface area contributed by atoms with Crippen molar-refractivity contribution in [3.8, 4) is 5.75 Å². The number of hydrogen-bond donors (Lipinski definition) is 1. The molecule has 5 nitrogen and oxygen atoms in total. The Morgan fingerprint density at radius 2 is 2.00 bits per heavy atom. The lowest BCUT2D eigenvalue weighted by molar-refractivity contribution is -0.116. The number of aryl methyl sites for hydroxylation is 2. The highest BCUT2D eigenvalue weighted by atomic mass is 35.5. The Labute approximate surface area is 153 Å². The number of ether oxygens (including phenoxy) is 1. The van der Waals surface area contributed by atoms with Crippen molar-refractivity contribution >= 4 is 23.6 Å². The average Bonchev–Trinajstić information content (AvgIpc) is 2.83. The quantitative estimate of drug-likeness (QED) is 0.801. The van der Waals surface area contributed by atoms with E-state index in [1.54, 1.807) is 24.9 Å². The third-order valence-corrected chi connectivity index (χ3v) is 4.62. The van der Waals surface area contributed by atoms with E-state index in [1.807, 2.05) is 31.2 Å². The minimum absolute atomic E-state index is 0.166. The van der Waals surface area contributed by atoms with Gasteiger partial charge in [0.1, 0.15) is 10.9 Å². The number of carbonyl (C=O) groups excluding carboxylic acids is 1. The molecule has 1 amide bonds. The van der Waals surface area contributed by atoms with E-state index in [0.29, 0.717) is 11.7 Å². The summed E-state index contributed by atoms with van der Waals surface area (Å²) >= 11 is 6.16. The largest absolute Gasteiger partial charge is 0.497 e. The van der Waals surface area contributed by atoms with Crippen LogP contribution in [0.15, 0.2) is 30.3 Å². The lowest BCUT2D eigenvalue weighted by Crippen LogP contribution is -2.35. The van der Waals surface area contributed by atoms with Gasteiger partial charge < -0.3 is 10.1 Å². The summed E-state index contributed by atoms with van der Waals surface area (Å²) in [6.45, 7) is 6.54. The third-order valence-electron chi connectivity index (χ3n) is 4.17. The van der Waals surface area contributed by atoms with E-state index in [-0.39, 0.29) is 11.3 Å².